The van der Waals surface area contributed by atoms with Gasteiger partial charge in [0.05, 0.1) is 24.0 Å². The highest BCUT2D eigenvalue weighted by Gasteiger charge is 2.24. The maximum Gasteiger partial charge on any atom is 0.155 e. The van der Waals surface area contributed by atoms with Gasteiger partial charge in [0.25, 0.3) is 0 Å². The highest BCUT2D eigenvalue weighted by atomic mass is 14.9. The lowest BCUT2D eigenvalue weighted by molar-refractivity contribution is 0.629. The average Bonchev–Trinajstić information content (AvgIpc) is 3.42. The van der Waals surface area contributed by atoms with Gasteiger partial charge >= 0.3 is 0 Å². The van der Waals surface area contributed by atoms with E-state index in [0.29, 0.717) is 12.4 Å². The van der Waals surface area contributed by atoms with Crippen LogP contribution in [-0.2, 0) is 18.4 Å². The lowest BCUT2D eigenvalue weighted by Crippen LogP contribution is -2.19. The molecule has 3 nitrogen and oxygen atoms in total. The minimum absolute atomic E-state index is 0.00149. The lowest BCUT2D eigenvalue weighted by Gasteiger charge is -2.27. The van der Waals surface area contributed by atoms with Crippen molar-refractivity contribution in [3.63, 3.8) is 0 Å². The predicted octanol–water partition coefficient (Wildman–Crippen LogP) is 17.5. The monoisotopic (exact) mass is 919 g/mol. The number of benzene rings is 9. The first kappa shape index (κ1) is 46.7. The van der Waals surface area contributed by atoms with Crippen molar-refractivity contribution in [2.24, 2.45) is 15.0 Å². The van der Waals surface area contributed by atoms with Gasteiger partial charge in [0.15, 0.2) is 5.84 Å². The molecular formula is C68H61N3. The molecule has 9 aromatic rings. The molecule has 1 unspecified atom stereocenters. The zero-order valence-electron chi connectivity index (χ0n) is 41.4. The standard InChI is InChI=1S/C68H61N3/c1-6-16-65(70-66(61-32-29-52-20-11-15-24-59(52)45-61)41-47(3)55-30-27-50-18-9-13-22-57(50)43-55)53-33-37-62(38-34-53)68(4,5)63-39-35-54(36-40-63)67(69-46-48-25-26-49-17-8-12-21-56(49)42-48)71-64(7-2)60-31-28-51-19-10-14-23-58(51)44-60/h7-10,12-15,17-19,21-45,65H,2,6,11,16,20,46H2,1,3-5H3/b47-41+,69-67?,70-66?,71-64?. The first-order valence-electron chi connectivity index (χ1n) is 25.2. The molecule has 1 atom stereocenters. The molecule has 0 saturated heterocycles. The molecule has 0 saturated carbocycles. The number of nitrogens with zero attached hydrogens (tertiary/aromatic N) is 3. The molecule has 0 aromatic heterocycles. The molecule has 348 valence electrons. The van der Waals surface area contributed by atoms with Crippen LogP contribution in [0.5, 0.6) is 0 Å². The first-order valence-corrected chi connectivity index (χ1v) is 25.2. The number of fused-ring (bicyclic) bond motifs is 4. The summed E-state index contributed by atoms with van der Waals surface area (Å²) < 4.78 is 0. The minimum Gasteiger partial charge on any atom is -0.277 e. The van der Waals surface area contributed by atoms with E-state index in [4.69, 9.17) is 15.0 Å². The number of amidine groups is 1. The zero-order valence-corrected chi connectivity index (χ0v) is 41.4. The van der Waals surface area contributed by atoms with E-state index in [-0.39, 0.29) is 11.5 Å². The van der Waals surface area contributed by atoms with Gasteiger partial charge in [-0.1, -0.05) is 216 Å². The van der Waals surface area contributed by atoms with Crippen LogP contribution in [0.25, 0.3) is 44.0 Å². The van der Waals surface area contributed by atoms with Gasteiger partial charge < -0.3 is 0 Å². The Balaban J connectivity index is 0.955. The van der Waals surface area contributed by atoms with Crippen LogP contribution in [0, 0.1) is 0 Å². The second-order valence-electron chi connectivity index (χ2n) is 19.5. The minimum atomic E-state index is -0.273. The summed E-state index contributed by atoms with van der Waals surface area (Å²) in [5, 5.41) is 7.27. The van der Waals surface area contributed by atoms with Crippen molar-refractivity contribution in [3.8, 4) is 0 Å². The maximum atomic E-state index is 5.65. The Morgan fingerprint density at radius 2 is 1.14 bits per heavy atom. The van der Waals surface area contributed by atoms with Crippen LogP contribution in [0.4, 0.5) is 0 Å². The lowest BCUT2D eigenvalue weighted by atomic mass is 9.77. The van der Waals surface area contributed by atoms with Crippen LogP contribution < -0.4 is 0 Å². The number of hydrogen-bond donors (Lipinski definition) is 0. The van der Waals surface area contributed by atoms with Gasteiger partial charge in [-0.2, -0.15) is 0 Å². The summed E-state index contributed by atoms with van der Waals surface area (Å²) in [5.74, 6) is 0.672. The van der Waals surface area contributed by atoms with Crippen molar-refractivity contribution in [2.45, 2.75) is 71.4 Å². The summed E-state index contributed by atoms with van der Waals surface area (Å²) in [7, 11) is 0. The summed E-state index contributed by atoms with van der Waals surface area (Å²) in [6.45, 7) is 13.8. The fourth-order valence-corrected chi connectivity index (χ4v) is 9.96. The summed E-state index contributed by atoms with van der Waals surface area (Å²) in [6.07, 6.45) is 12.8. The number of aryl methyl sites for hydroxylation is 1. The topological polar surface area (TPSA) is 37.1 Å². The van der Waals surface area contributed by atoms with Crippen molar-refractivity contribution in [2.75, 3.05) is 0 Å². The van der Waals surface area contributed by atoms with Crippen molar-refractivity contribution in [3.05, 3.63) is 275 Å². The van der Waals surface area contributed by atoms with E-state index in [1.807, 2.05) is 6.08 Å². The number of rotatable bonds is 14. The van der Waals surface area contributed by atoms with Crippen LogP contribution in [0.2, 0.25) is 0 Å². The molecule has 3 heteroatoms. The van der Waals surface area contributed by atoms with E-state index in [0.717, 1.165) is 64.7 Å². The van der Waals surface area contributed by atoms with Crippen LogP contribution in [0.1, 0.15) is 109 Å². The Morgan fingerprint density at radius 1 is 0.592 bits per heavy atom. The van der Waals surface area contributed by atoms with E-state index >= 15 is 0 Å². The van der Waals surface area contributed by atoms with E-state index in [2.05, 4.69) is 247 Å². The quantitative estimate of drug-likeness (QED) is 0.0770. The van der Waals surface area contributed by atoms with Crippen molar-refractivity contribution >= 4 is 61.2 Å². The third kappa shape index (κ3) is 10.5. The third-order valence-electron chi connectivity index (χ3n) is 14.3. The van der Waals surface area contributed by atoms with Crippen LogP contribution >= 0.6 is 0 Å². The van der Waals surface area contributed by atoms with E-state index in [1.54, 1.807) is 0 Å². The Morgan fingerprint density at radius 3 is 1.79 bits per heavy atom. The van der Waals surface area contributed by atoms with Crippen molar-refractivity contribution in [1.29, 1.82) is 0 Å². The highest BCUT2D eigenvalue weighted by Crippen LogP contribution is 2.35. The Labute approximate surface area is 420 Å². The molecular weight excluding hydrogens is 859 g/mol. The van der Waals surface area contributed by atoms with E-state index in [9.17, 15) is 0 Å². The van der Waals surface area contributed by atoms with Gasteiger partial charge in [0, 0.05) is 22.1 Å². The largest absolute Gasteiger partial charge is 0.277 e. The number of aliphatic imine (C=N–C) groups is 3. The molecule has 0 amide bonds. The van der Waals surface area contributed by atoms with Crippen molar-refractivity contribution < 1.29 is 0 Å². The molecule has 0 fully saturated rings. The van der Waals surface area contributed by atoms with E-state index in [1.165, 1.54) is 65.9 Å². The van der Waals surface area contributed by atoms with Gasteiger partial charge in [-0.05, 0) is 139 Å². The van der Waals surface area contributed by atoms with Crippen LogP contribution in [0.3, 0.4) is 0 Å². The number of allylic oxidation sites excluding steroid dienone is 4. The Hall–Kier alpha value is -8.01. The summed E-state index contributed by atoms with van der Waals surface area (Å²) in [6, 6.07) is 70.2. The molecule has 0 heterocycles. The molecule has 0 radical (unpaired) electrons. The third-order valence-corrected chi connectivity index (χ3v) is 14.3. The average molecular weight is 920 g/mol. The molecule has 10 rings (SSSR count). The fraction of sp³-hybridized carbons (Fsp3) is 0.162. The fourth-order valence-electron chi connectivity index (χ4n) is 9.96. The van der Waals surface area contributed by atoms with Gasteiger partial charge in [-0.15, -0.1) is 0 Å². The molecule has 1 aliphatic carbocycles. The van der Waals surface area contributed by atoms with Gasteiger partial charge in [-0.3, -0.25) is 9.98 Å². The predicted molar refractivity (Wildman–Crippen MR) is 305 cm³/mol. The van der Waals surface area contributed by atoms with Gasteiger partial charge in [0.2, 0.25) is 0 Å². The highest BCUT2D eigenvalue weighted by molar-refractivity contribution is 6.17. The van der Waals surface area contributed by atoms with E-state index < -0.39 is 0 Å². The van der Waals surface area contributed by atoms with Gasteiger partial charge in [-0.25, -0.2) is 4.99 Å². The van der Waals surface area contributed by atoms with Crippen LogP contribution in [0.15, 0.2) is 234 Å². The first-order chi connectivity index (χ1) is 34.7. The molecule has 9 aromatic carbocycles. The molecule has 0 bridgehead atoms. The summed E-state index contributed by atoms with van der Waals surface area (Å²) in [5.41, 5.74) is 14.6. The smallest absolute Gasteiger partial charge is 0.155 e. The normalized spacial score (nSPS) is 14.0. The Bertz CT molecular complexity index is 3560. The summed E-state index contributed by atoms with van der Waals surface area (Å²) in [4.78, 5) is 16.1. The molecule has 71 heavy (non-hydrogen) atoms. The molecule has 0 N–H and O–H groups in total. The second kappa shape index (κ2) is 20.9. The summed E-state index contributed by atoms with van der Waals surface area (Å²) >= 11 is 0. The molecule has 0 spiro atoms. The molecule has 1 aliphatic rings. The Kier molecular flexibility index (Phi) is 13.8. The zero-order chi connectivity index (χ0) is 48.7. The SMILES string of the molecule is C=CC(=NC(=NCc1ccc2ccccc2c1)c1ccc(C(C)(C)c2ccc(C(CCC)N=C(/C=C(\C)c3ccc4ccccc4c3)c3ccc4c(c3)C=CCC4)cc2)cc1)c1ccc2ccccc2c1. The van der Waals surface area contributed by atoms with Gasteiger partial charge in [0.1, 0.15) is 0 Å². The maximum absolute atomic E-state index is 5.65. The molecule has 0 aliphatic heterocycles. The van der Waals surface area contributed by atoms with Crippen LogP contribution in [-0.4, -0.2) is 17.3 Å². The van der Waals surface area contributed by atoms with Crippen molar-refractivity contribution in [1.82, 2.24) is 0 Å². The second-order valence-corrected chi connectivity index (χ2v) is 19.5. The number of hydrogen-bond acceptors (Lipinski definition) is 2.